The van der Waals surface area contributed by atoms with Crippen molar-refractivity contribution in [2.45, 2.75) is 70.8 Å². The molecule has 51 heavy (non-hydrogen) atoms. The molecule has 14 heteroatoms. The van der Waals surface area contributed by atoms with Crippen molar-refractivity contribution in [1.29, 1.82) is 0 Å². The van der Waals surface area contributed by atoms with Crippen LogP contribution in [0.5, 0.6) is 17.2 Å². The average Bonchev–Trinajstić information content (AvgIpc) is 3.76. The summed E-state index contributed by atoms with van der Waals surface area (Å²) in [6.45, 7) is 8.71. The number of ether oxygens (including phenoxy) is 7. The van der Waals surface area contributed by atoms with Crippen LogP contribution in [0.2, 0.25) is 0 Å². The molecule has 3 aliphatic heterocycles. The lowest BCUT2D eigenvalue weighted by Crippen LogP contribution is -2.42. The van der Waals surface area contributed by atoms with E-state index < -0.39 is 36.3 Å². The maximum atomic E-state index is 14.3. The van der Waals surface area contributed by atoms with E-state index in [2.05, 4.69) is 13.8 Å². The third kappa shape index (κ3) is 10.2. The number of carbonyl (C=O) groups is 3. The Bertz CT molecular complexity index is 1430. The first-order valence-electron chi connectivity index (χ1n) is 17.8. The number of nitrogens with zero attached hydrogens (tertiary/aromatic N) is 2. The summed E-state index contributed by atoms with van der Waals surface area (Å²) in [5.41, 5.74) is 1.62. The zero-order chi connectivity index (χ0) is 36.2. The topological polar surface area (TPSA) is 141 Å². The fourth-order valence-corrected chi connectivity index (χ4v) is 6.60. The van der Waals surface area contributed by atoms with Gasteiger partial charge in [0.1, 0.15) is 18.5 Å². The lowest BCUT2D eigenvalue weighted by molar-refractivity contribution is -0.285. The predicted molar refractivity (Wildman–Crippen MR) is 182 cm³/mol. The summed E-state index contributed by atoms with van der Waals surface area (Å²) in [4.78, 5) is 54.3. The predicted octanol–water partition coefficient (Wildman–Crippen LogP) is 5.00. The van der Waals surface area contributed by atoms with Gasteiger partial charge in [-0.15, -0.1) is 0 Å². The molecule has 0 radical (unpaired) electrons. The highest BCUT2D eigenvalue weighted by atomic mass is 17.2. The smallest absolute Gasteiger partial charge is 0.497 e. The van der Waals surface area contributed by atoms with Crippen LogP contribution in [0.3, 0.4) is 0 Å². The molecule has 0 spiro atoms. The third-order valence-corrected chi connectivity index (χ3v) is 9.22. The minimum atomic E-state index is -1.31. The van der Waals surface area contributed by atoms with Gasteiger partial charge in [0, 0.05) is 38.5 Å². The Morgan fingerprint density at radius 1 is 0.941 bits per heavy atom. The quantitative estimate of drug-likeness (QED) is 0.0941. The van der Waals surface area contributed by atoms with Crippen LogP contribution in [0, 0.1) is 5.92 Å². The highest BCUT2D eigenvalue weighted by molar-refractivity contribution is 5.80. The molecule has 280 valence electrons. The van der Waals surface area contributed by atoms with E-state index in [1.807, 2.05) is 52.3 Å². The first-order valence-corrected chi connectivity index (χ1v) is 17.8. The van der Waals surface area contributed by atoms with Gasteiger partial charge in [-0.2, -0.15) is 4.89 Å². The SMILES string of the molecule is CCCCN(CCCC)C(=O)CN1C[C@H](c2ccc3c(c2)OCO3)[C@@H](C(=O)OC(C)OC(=O)OOC[C@@H]2COCCO2)[C@@H]1c1ccc(OC)cc1. The second kappa shape index (κ2) is 18.9. The van der Waals surface area contributed by atoms with E-state index in [4.69, 9.17) is 42.9 Å². The molecular formula is C37H50N2O12. The minimum absolute atomic E-state index is 0.00139. The van der Waals surface area contributed by atoms with Gasteiger partial charge in [0.25, 0.3) is 0 Å². The molecule has 0 aromatic heterocycles. The fourth-order valence-electron chi connectivity index (χ4n) is 6.60. The minimum Gasteiger partial charge on any atom is -0.497 e. The van der Waals surface area contributed by atoms with E-state index in [0.29, 0.717) is 56.7 Å². The van der Waals surface area contributed by atoms with Crippen molar-refractivity contribution in [3.8, 4) is 17.2 Å². The summed E-state index contributed by atoms with van der Waals surface area (Å²) in [7, 11) is 1.59. The monoisotopic (exact) mass is 714 g/mol. The molecule has 3 heterocycles. The summed E-state index contributed by atoms with van der Waals surface area (Å²) in [5, 5.41) is 0. The molecule has 0 aliphatic carbocycles. The number of unbranched alkanes of at least 4 members (excludes halogenated alkanes) is 2. The van der Waals surface area contributed by atoms with Crippen molar-refractivity contribution in [1.82, 2.24) is 9.80 Å². The molecule has 1 unspecified atom stereocenters. The standard InChI is InChI=1S/C37H50N2O12/c1-5-7-15-38(16-8-6-2)33(40)21-39-20-30(27-11-14-31-32(19-27)47-24-46-31)34(35(39)26-9-12-28(43-4)13-10-26)36(41)49-25(3)50-37(42)51-48-23-29-22-44-17-18-45-29/h9-14,19,25,29-30,34-35H,5-8,15-18,20-24H2,1-4H3/t25?,29-,30+,34+,35-/m0/s1. The van der Waals surface area contributed by atoms with Gasteiger partial charge in [-0.3, -0.25) is 19.4 Å². The van der Waals surface area contributed by atoms with E-state index in [1.165, 1.54) is 6.92 Å². The van der Waals surface area contributed by atoms with Gasteiger partial charge in [0.2, 0.25) is 19.0 Å². The van der Waals surface area contributed by atoms with Crippen LogP contribution in [-0.2, 0) is 38.3 Å². The van der Waals surface area contributed by atoms with Gasteiger partial charge in [-0.1, -0.05) is 44.9 Å². The Balaban J connectivity index is 1.39. The molecule has 0 bridgehead atoms. The number of hydrogen-bond acceptors (Lipinski definition) is 13. The Hall–Kier alpha value is -4.11. The maximum absolute atomic E-state index is 14.3. The number of esters is 1. The number of fused-ring (bicyclic) bond motifs is 1. The second-order valence-corrected chi connectivity index (χ2v) is 12.8. The number of hydrogen-bond donors (Lipinski definition) is 0. The Morgan fingerprint density at radius 3 is 2.35 bits per heavy atom. The van der Waals surface area contributed by atoms with E-state index in [1.54, 1.807) is 7.11 Å². The molecule has 2 aromatic rings. The third-order valence-electron chi connectivity index (χ3n) is 9.22. The van der Waals surface area contributed by atoms with Crippen LogP contribution in [0.1, 0.15) is 69.5 Å². The Labute approximate surface area is 299 Å². The lowest BCUT2D eigenvalue weighted by Gasteiger charge is -2.31. The molecule has 0 saturated carbocycles. The first-order chi connectivity index (χ1) is 24.8. The Kier molecular flexibility index (Phi) is 14.2. The fraction of sp³-hybridized carbons (Fsp3) is 0.595. The van der Waals surface area contributed by atoms with Crippen LogP contribution in [0.25, 0.3) is 0 Å². The summed E-state index contributed by atoms with van der Waals surface area (Å²) in [6.07, 6.45) is 0.874. The Morgan fingerprint density at radius 2 is 1.67 bits per heavy atom. The number of carbonyl (C=O) groups excluding carboxylic acids is 3. The highest BCUT2D eigenvalue weighted by Crippen LogP contribution is 2.48. The van der Waals surface area contributed by atoms with Crippen LogP contribution in [-0.4, -0.2) is 107 Å². The number of rotatable bonds is 17. The molecule has 3 aliphatic rings. The molecule has 1 amide bonds. The number of benzene rings is 2. The second-order valence-electron chi connectivity index (χ2n) is 12.8. The van der Waals surface area contributed by atoms with Crippen LogP contribution in [0.15, 0.2) is 42.5 Å². The largest absolute Gasteiger partial charge is 0.543 e. The van der Waals surface area contributed by atoms with Crippen LogP contribution >= 0.6 is 0 Å². The first kappa shape index (κ1) is 38.1. The van der Waals surface area contributed by atoms with Crippen molar-refractivity contribution >= 4 is 18.0 Å². The molecule has 5 atom stereocenters. The van der Waals surface area contributed by atoms with E-state index in [0.717, 1.165) is 36.8 Å². The average molecular weight is 715 g/mol. The van der Waals surface area contributed by atoms with Gasteiger partial charge in [-0.05, 0) is 48.2 Å². The molecule has 2 fully saturated rings. The van der Waals surface area contributed by atoms with Crippen molar-refractivity contribution in [3.05, 3.63) is 53.6 Å². The van der Waals surface area contributed by atoms with Crippen molar-refractivity contribution < 1.29 is 57.3 Å². The molecule has 5 rings (SSSR count). The van der Waals surface area contributed by atoms with Crippen LogP contribution in [0.4, 0.5) is 4.79 Å². The highest BCUT2D eigenvalue weighted by Gasteiger charge is 2.49. The molecule has 2 saturated heterocycles. The molecule has 2 aromatic carbocycles. The molecule has 14 nitrogen and oxygen atoms in total. The lowest BCUT2D eigenvalue weighted by atomic mass is 9.82. The van der Waals surface area contributed by atoms with E-state index >= 15 is 0 Å². The van der Waals surface area contributed by atoms with Crippen molar-refractivity contribution in [3.63, 3.8) is 0 Å². The van der Waals surface area contributed by atoms with Gasteiger partial charge in [0.05, 0.1) is 39.4 Å². The van der Waals surface area contributed by atoms with Gasteiger partial charge in [0.15, 0.2) is 11.5 Å². The number of methoxy groups -OCH3 is 1. The summed E-state index contributed by atoms with van der Waals surface area (Å²) < 4.78 is 38.4. The summed E-state index contributed by atoms with van der Waals surface area (Å²) in [5.74, 6) is -0.0106. The molecule has 0 N–H and O–H groups in total. The van der Waals surface area contributed by atoms with E-state index in [-0.39, 0.29) is 32.0 Å². The van der Waals surface area contributed by atoms with Crippen molar-refractivity contribution in [2.24, 2.45) is 5.92 Å². The number of likely N-dealkylation sites (tertiary alicyclic amines) is 1. The number of amides is 1. The zero-order valence-corrected chi connectivity index (χ0v) is 29.9. The van der Waals surface area contributed by atoms with Gasteiger partial charge in [-0.25, -0.2) is 4.79 Å². The van der Waals surface area contributed by atoms with E-state index in [9.17, 15) is 14.4 Å². The molecular weight excluding hydrogens is 664 g/mol. The van der Waals surface area contributed by atoms with Crippen molar-refractivity contribution in [2.75, 3.05) is 66.5 Å². The van der Waals surface area contributed by atoms with Gasteiger partial charge >= 0.3 is 12.1 Å². The zero-order valence-electron chi connectivity index (χ0n) is 29.9. The maximum Gasteiger partial charge on any atom is 0.543 e. The summed E-state index contributed by atoms with van der Waals surface area (Å²) in [6, 6.07) is 12.5. The normalized spacial score (nSPS) is 21.9. The van der Waals surface area contributed by atoms with Gasteiger partial charge < -0.3 is 38.1 Å². The summed E-state index contributed by atoms with van der Waals surface area (Å²) >= 11 is 0. The van der Waals surface area contributed by atoms with Crippen LogP contribution < -0.4 is 14.2 Å².